The van der Waals surface area contributed by atoms with E-state index in [-0.39, 0.29) is 5.28 Å². The van der Waals surface area contributed by atoms with Crippen molar-refractivity contribution in [1.29, 1.82) is 0 Å². The van der Waals surface area contributed by atoms with E-state index in [1.807, 2.05) is 6.07 Å². The molecule has 0 saturated heterocycles. The van der Waals surface area contributed by atoms with Gasteiger partial charge in [-0.05, 0) is 79.0 Å². The molecule has 1 heterocycles. The topological polar surface area (TPSA) is 38.7 Å². The van der Waals surface area contributed by atoms with E-state index in [2.05, 4.69) is 113 Å². The lowest BCUT2D eigenvalue weighted by Gasteiger charge is -2.09. The van der Waals surface area contributed by atoms with Crippen molar-refractivity contribution in [2.24, 2.45) is 0 Å². The minimum atomic E-state index is 0.183. The van der Waals surface area contributed by atoms with Crippen molar-refractivity contribution in [2.45, 2.75) is 0 Å². The summed E-state index contributed by atoms with van der Waals surface area (Å²) in [6.45, 7) is 0. The molecule has 0 spiro atoms. The lowest BCUT2D eigenvalue weighted by molar-refractivity contribution is 1.07. The lowest BCUT2D eigenvalue weighted by Crippen LogP contribution is -1.97. The van der Waals surface area contributed by atoms with E-state index >= 15 is 0 Å². The third-order valence-corrected chi connectivity index (χ3v) is 6.74. The number of benzene rings is 6. The number of hydrogen-bond donors (Lipinski definition) is 0. The number of halogens is 1. The van der Waals surface area contributed by atoms with Gasteiger partial charge in [-0.2, -0.15) is 9.97 Å². The fourth-order valence-electron chi connectivity index (χ4n) is 4.84. The standard InChI is InChI=1S/C31H18ClN3/c32-31-34-29(24-12-10-22-15-20-6-1-2-7-21(20)16-26(22)18-24)33-30(35-31)25-13-14-28-23(17-25)11-9-19-5-3-4-8-27(19)28/h1-18H. The van der Waals surface area contributed by atoms with E-state index in [1.54, 1.807) is 0 Å². The maximum absolute atomic E-state index is 6.38. The summed E-state index contributed by atoms with van der Waals surface area (Å²) in [7, 11) is 0. The van der Waals surface area contributed by atoms with E-state index in [4.69, 9.17) is 16.6 Å². The van der Waals surface area contributed by atoms with Crippen LogP contribution >= 0.6 is 11.6 Å². The normalized spacial score (nSPS) is 11.6. The summed E-state index contributed by atoms with van der Waals surface area (Å²) >= 11 is 6.38. The fourth-order valence-corrected chi connectivity index (χ4v) is 5.00. The van der Waals surface area contributed by atoms with Crippen LogP contribution in [0.1, 0.15) is 0 Å². The number of hydrogen-bond acceptors (Lipinski definition) is 3. The highest BCUT2D eigenvalue weighted by atomic mass is 35.5. The zero-order chi connectivity index (χ0) is 23.4. The van der Waals surface area contributed by atoms with E-state index < -0.39 is 0 Å². The zero-order valence-corrected chi connectivity index (χ0v) is 19.4. The Bertz CT molecular complexity index is 1890. The summed E-state index contributed by atoms with van der Waals surface area (Å²) < 4.78 is 0. The second kappa shape index (κ2) is 7.86. The highest BCUT2D eigenvalue weighted by molar-refractivity contribution is 6.28. The van der Waals surface area contributed by atoms with Crippen LogP contribution in [0.3, 0.4) is 0 Å². The van der Waals surface area contributed by atoms with Gasteiger partial charge in [-0.3, -0.25) is 0 Å². The van der Waals surface area contributed by atoms with Crippen LogP contribution in [0.15, 0.2) is 109 Å². The molecule has 0 unspecified atom stereocenters. The summed E-state index contributed by atoms with van der Waals surface area (Å²) in [6, 6.07) is 38.0. The Morgan fingerprint density at radius 3 is 1.69 bits per heavy atom. The third kappa shape index (κ3) is 3.49. The van der Waals surface area contributed by atoms with Crippen LogP contribution in [-0.4, -0.2) is 15.0 Å². The lowest BCUT2D eigenvalue weighted by atomic mass is 10.00. The molecule has 4 heteroatoms. The smallest absolute Gasteiger partial charge is 0.208 e. The van der Waals surface area contributed by atoms with Gasteiger partial charge in [-0.25, -0.2) is 4.98 Å². The Balaban J connectivity index is 1.35. The first-order valence-corrected chi connectivity index (χ1v) is 11.9. The Morgan fingerprint density at radius 1 is 0.400 bits per heavy atom. The molecule has 0 aliphatic carbocycles. The van der Waals surface area contributed by atoms with Crippen molar-refractivity contribution in [3.05, 3.63) is 114 Å². The maximum Gasteiger partial charge on any atom is 0.226 e. The molecule has 3 nitrogen and oxygen atoms in total. The molecule has 7 aromatic rings. The summed E-state index contributed by atoms with van der Waals surface area (Å²) in [4.78, 5) is 13.7. The van der Waals surface area contributed by atoms with Gasteiger partial charge in [-0.15, -0.1) is 0 Å². The molecule has 0 fully saturated rings. The van der Waals surface area contributed by atoms with Crippen molar-refractivity contribution in [3.8, 4) is 22.8 Å². The van der Waals surface area contributed by atoms with E-state index in [0.717, 1.165) is 21.9 Å². The molecular formula is C31H18ClN3. The van der Waals surface area contributed by atoms with Crippen molar-refractivity contribution < 1.29 is 0 Å². The zero-order valence-electron chi connectivity index (χ0n) is 18.6. The Labute approximate surface area is 206 Å². The molecule has 0 bridgehead atoms. The molecule has 7 rings (SSSR count). The number of fused-ring (bicyclic) bond motifs is 5. The van der Waals surface area contributed by atoms with Gasteiger partial charge in [0.1, 0.15) is 0 Å². The second-order valence-corrected chi connectivity index (χ2v) is 9.07. The van der Waals surface area contributed by atoms with Crippen molar-refractivity contribution in [2.75, 3.05) is 0 Å². The summed E-state index contributed by atoms with van der Waals surface area (Å²) in [5, 5.41) is 9.72. The fraction of sp³-hybridized carbons (Fsp3) is 0. The Hall–Kier alpha value is -4.34. The summed E-state index contributed by atoms with van der Waals surface area (Å²) in [6.07, 6.45) is 0. The van der Waals surface area contributed by atoms with Crippen LogP contribution in [0.25, 0.3) is 65.9 Å². The molecule has 0 amide bonds. The van der Waals surface area contributed by atoms with Gasteiger partial charge in [0, 0.05) is 11.1 Å². The van der Waals surface area contributed by atoms with Gasteiger partial charge >= 0.3 is 0 Å². The Kier molecular flexibility index (Phi) is 4.51. The summed E-state index contributed by atoms with van der Waals surface area (Å²) in [5.74, 6) is 1.13. The van der Waals surface area contributed by atoms with Crippen LogP contribution < -0.4 is 0 Å². The quantitative estimate of drug-likeness (QED) is 0.189. The molecule has 0 saturated carbocycles. The van der Waals surface area contributed by atoms with Gasteiger partial charge in [0.15, 0.2) is 11.6 Å². The van der Waals surface area contributed by atoms with Crippen LogP contribution in [0.4, 0.5) is 0 Å². The van der Waals surface area contributed by atoms with E-state index in [0.29, 0.717) is 11.6 Å². The monoisotopic (exact) mass is 467 g/mol. The van der Waals surface area contributed by atoms with Crippen molar-refractivity contribution >= 4 is 54.7 Å². The second-order valence-electron chi connectivity index (χ2n) is 8.74. The van der Waals surface area contributed by atoms with E-state index in [9.17, 15) is 0 Å². The highest BCUT2D eigenvalue weighted by Crippen LogP contribution is 2.31. The van der Waals surface area contributed by atoms with E-state index in [1.165, 1.54) is 32.3 Å². The molecule has 0 aliphatic heterocycles. The van der Waals surface area contributed by atoms with Crippen molar-refractivity contribution in [1.82, 2.24) is 15.0 Å². The van der Waals surface area contributed by atoms with Crippen LogP contribution in [0.2, 0.25) is 5.28 Å². The van der Waals surface area contributed by atoms with Crippen molar-refractivity contribution in [3.63, 3.8) is 0 Å². The minimum absolute atomic E-state index is 0.183. The number of nitrogens with zero attached hydrogens (tertiary/aromatic N) is 3. The molecule has 0 aliphatic rings. The molecule has 1 aromatic heterocycles. The van der Waals surface area contributed by atoms with Crippen LogP contribution in [-0.2, 0) is 0 Å². The molecule has 6 aromatic carbocycles. The first kappa shape index (κ1) is 20.1. The number of aromatic nitrogens is 3. The average Bonchev–Trinajstić information content (AvgIpc) is 2.91. The predicted octanol–water partition coefficient (Wildman–Crippen LogP) is 8.47. The minimum Gasteiger partial charge on any atom is -0.208 e. The molecule has 0 atom stereocenters. The van der Waals surface area contributed by atoms with Crippen LogP contribution in [0.5, 0.6) is 0 Å². The SMILES string of the molecule is Clc1nc(-c2ccc3cc4ccccc4cc3c2)nc(-c2ccc3c(ccc4ccccc43)c2)n1. The van der Waals surface area contributed by atoms with Gasteiger partial charge in [0.05, 0.1) is 0 Å². The van der Waals surface area contributed by atoms with Gasteiger partial charge in [0.25, 0.3) is 0 Å². The Morgan fingerprint density at radius 2 is 0.914 bits per heavy atom. The van der Waals surface area contributed by atoms with Crippen LogP contribution in [0, 0.1) is 0 Å². The molecular weight excluding hydrogens is 450 g/mol. The number of rotatable bonds is 2. The highest BCUT2D eigenvalue weighted by Gasteiger charge is 2.12. The summed E-state index contributed by atoms with van der Waals surface area (Å²) in [5.41, 5.74) is 1.82. The average molecular weight is 468 g/mol. The maximum atomic E-state index is 6.38. The first-order chi connectivity index (χ1) is 17.2. The largest absolute Gasteiger partial charge is 0.226 e. The van der Waals surface area contributed by atoms with Gasteiger partial charge in [-0.1, -0.05) is 84.9 Å². The molecule has 0 N–H and O–H groups in total. The third-order valence-electron chi connectivity index (χ3n) is 6.57. The molecule has 0 radical (unpaired) electrons. The van der Waals surface area contributed by atoms with Gasteiger partial charge in [0.2, 0.25) is 5.28 Å². The van der Waals surface area contributed by atoms with Gasteiger partial charge < -0.3 is 0 Å². The molecule has 35 heavy (non-hydrogen) atoms. The molecule has 164 valence electrons. The predicted molar refractivity (Wildman–Crippen MR) is 146 cm³/mol. The first-order valence-electron chi connectivity index (χ1n) is 11.5.